The zero-order valence-corrected chi connectivity index (χ0v) is 9.58. The van der Waals surface area contributed by atoms with Crippen molar-refractivity contribution in [1.29, 1.82) is 0 Å². The second-order valence-electron chi connectivity index (χ2n) is 3.07. The van der Waals surface area contributed by atoms with Crippen LogP contribution in [0.2, 0.25) is 0 Å². The zero-order chi connectivity index (χ0) is 12.0. The molecular weight excluding hydrogens is 228 g/mol. The van der Waals surface area contributed by atoms with Gasteiger partial charge >= 0.3 is 5.97 Å². The molecule has 5 nitrogen and oxygen atoms in total. The molecule has 0 atom stereocenters. The number of amides is 1. The average Bonchev–Trinajstić information content (AvgIpc) is 2.21. The van der Waals surface area contributed by atoms with Crippen molar-refractivity contribution in [2.24, 2.45) is 0 Å². The molecule has 86 valence electrons. The third-order valence-electron chi connectivity index (χ3n) is 1.74. The summed E-state index contributed by atoms with van der Waals surface area (Å²) in [5, 5.41) is 11.1. The summed E-state index contributed by atoms with van der Waals surface area (Å²) in [6, 6.07) is 3.48. The fourth-order valence-electron chi connectivity index (χ4n) is 1.03. The Labute approximate surface area is 97.3 Å². The number of hydrogen-bond donors (Lipinski definition) is 2. The number of aryl methyl sites for hydroxylation is 1. The summed E-state index contributed by atoms with van der Waals surface area (Å²) in [4.78, 5) is 25.6. The number of rotatable bonds is 5. The molecule has 0 aliphatic heterocycles. The number of carboxylic acids is 1. The minimum Gasteiger partial charge on any atom is -0.481 e. The number of nitrogens with one attached hydrogen (secondary N) is 1. The van der Waals surface area contributed by atoms with Gasteiger partial charge in [-0.3, -0.25) is 14.6 Å². The van der Waals surface area contributed by atoms with Gasteiger partial charge in [0.05, 0.1) is 22.9 Å². The lowest BCUT2D eigenvalue weighted by Gasteiger charge is -2.06. The third kappa shape index (κ3) is 4.31. The number of carbonyl (C=O) groups is 2. The van der Waals surface area contributed by atoms with E-state index in [2.05, 4.69) is 10.3 Å². The zero-order valence-electron chi connectivity index (χ0n) is 8.77. The lowest BCUT2D eigenvalue weighted by atomic mass is 10.3. The first-order valence-electron chi connectivity index (χ1n) is 4.60. The lowest BCUT2D eigenvalue weighted by molar-refractivity contribution is -0.133. The lowest BCUT2D eigenvalue weighted by Crippen LogP contribution is -2.16. The molecule has 1 aromatic rings. The Morgan fingerprint density at radius 2 is 2.25 bits per heavy atom. The van der Waals surface area contributed by atoms with E-state index in [1.165, 1.54) is 0 Å². The maximum Gasteiger partial charge on any atom is 0.313 e. The van der Waals surface area contributed by atoms with Crippen LogP contribution in [0.3, 0.4) is 0 Å². The molecule has 1 heterocycles. The van der Waals surface area contributed by atoms with Crippen LogP contribution in [0.25, 0.3) is 0 Å². The van der Waals surface area contributed by atoms with Gasteiger partial charge in [-0.2, -0.15) is 0 Å². The van der Waals surface area contributed by atoms with Crippen LogP contribution in [0.4, 0.5) is 5.69 Å². The molecule has 6 heteroatoms. The number of aromatic nitrogens is 1. The molecular formula is C10H12N2O3S. The summed E-state index contributed by atoms with van der Waals surface area (Å²) in [5.74, 6) is -1.09. The summed E-state index contributed by atoms with van der Waals surface area (Å²) in [5.41, 5.74) is 1.39. The number of anilines is 1. The fourth-order valence-corrected chi connectivity index (χ4v) is 1.57. The number of carbonyl (C=O) groups excluding carboxylic acids is 1. The molecule has 0 aliphatic carbocycles. The molecule has 0 bridgehead atoms. The van der Waals surface area contributed by atoms with Crippen molar-refractivity contribution in [1.82, 2.24) is 4.98 Å². The Balaban J connectivity index is 2.40. The van der Waals surface area contributed by atoms with Crippen molar-refractivity contribution in [2.75, 3.05) is 16.8 Å². The highest BCUT2D eigenvalue weighted by Crippen LogP contribution is 2.11. The van der Waals surface area contributed by atoms with Crippen LogP contribution in [0, 0.1) is 6.92 Å². The SMILES string of the molecule is Cc1ncccc1NC(=O)CSCC(=O)O. The quantitative estimate of drug-likeness (QED) is 0.807. The summed E-state index contributed by atoms with van der Waals surface area (Å²) in [7, 11) is 0. The second kappa shape index (κ2) is 6.12. The van der Waals surface area contributed by atoms with Crippen LogP contribution in [0.5, 0.6) is 0 Å². The van der Waals surface area contributed by atoms with E-state index in [9.17, 15) is 9.59 Å². The molecule has 0 radical (unpaired) electrons. The molecule has 1 aromatic heterocycles. The Kier molecular flexibility index (Phi) is 4.78. The molecule has 2 N–H and O–H groups in total. The van der Waals surface area contributed by atoms with E-state index in [0.717, 1.165) is 17.5 Å². The van der Waals surface area contributed by atoms with Gasteiger partial charge in [0.25, 0.3) is 0 Å². The van der Waals surface area contributed by atoms with Gasteiger partial charge in [-0.15, -0.1) is 11.8 Å². The fraction of sp³-hybridized carbons (Fsp3) is 0.300. The van der Waals surface area contributed by atoms with Crippen molar-refractivity contribution in [3.63, 3.8) is 0 Å². The maximum atomic E-state index is 11.4. The van der Waals surface area contributed by atoms with E-state index in [0.29, 0.717) is 5.69 Å². The van der Waals surface area contributed by atoms with E-state index in [1.54, 1.807) is 25.3 Å². The summed E-state index contributed by atoms with van der Waals surface area (Å²) < 4.78 is 0. The summed E-state index contributed by atoms with van der Waals surface area (Å²) in [6.07, 6.45) is 1.64. The molecule has 0 unspecified atom stereocenters. The van der Waals surface area contributed by atoms with E-state index < -0.39 is 5.97 Å². The molecule has 0 spiro atoms. The predicted molar refractivity (Wildman–Crippen MR) is 62.6 cm³/mol. The molecule has 0 aromatic carbocycles. The van der Waals surface area contributed by atoms with Gasteiger partial charge in [-0.25, -0.2) is 0 Å². The van der Waals surface area contributed by atoms with Gasteiger partial charge in [0, 0.05) is 6.20 Å². The smallest absolute Gasteiger partial charge is 0.313 e. The van der Waals surface area contributed by atoms with Crippen LogP contribution in [0.15, 0.2) is 18.3 Å². The van der Waals surface area contributed by atoms with Crippen molar-refractivity contribution >= 4 is 29.3 Å². The first kappa shape index (κ1) is 12.5. The molecule has 0 saturated heterocycles. The number of carboxylic acid groups (broad SMARTS) is 1. The van der Waals surface area contributed by atoms with Crippen molar-refractivity contribution in [3.8, 4) is 0 Å². The highest BCUT2D eigenvalue weighted by molar-refractivity contribution is 8.00. The van der Waals surface area contributed by atoms with Crippen LogP contribution >= 0.6 is 11.8 Å². The van der Waals surface area contributed by atoms with Crippen LogP contribution in [0.1, 0.15) is 5.69 Å². The Bertz CT molecular complexity index is 395. The Morgan fingerprint density at radius 1 is 1.50 bits per heavy atom. The standard InChI is InChI=1S/C10H12N2O3S/c1-7-8(3-2-4-11-7)12-9(13)5-16-6-10(14)15/h2-4H,5-6H2,1H3,(H,12,13)(H,14,15). The molecule has 1 amide bonds. The van der Waals surface area contributed by atoms with Gasteiger partial charge < -0.3 is 10.4 Å². The van der Waals surface area contributed by atoms with E-state index in [-0.39, 0.29) is 17.4 Å². The van der Waals surface area contributed by atoms with Gasteiger partial charge in [0.2, 0.25) is 5.91 Å². The summed E-state index contributed by atoms with van der Waals surface area (Å²) in [6.45, 7) is 1.79. The van der Waals surface area contributed by atoms with Crippen molar-refractivity contribution in [3.05, 3.63) is 24.0 Å². The van der Waals surface area contributed by atoms with E-state index in [1.807, 2.05) is 0 Å². The molecule has 1 rings (SSSR count). The van der Waals surface area contributed by atoms with Gasteiger partial charge in [0.15, 0.2) is 0 Å². The molecule has 0 aliphatic rings. The average molecular weight is 240 g/mol. The van der Waals surface area contributed by atoms with Gasteiger partial charge in [-0.05, 0) is 19.1 Å². The Hall–Kier alpha value is -1.56. The highest BCUT2D eigenvalue weighted by Gasteiger charge is 2.06. The van der Waals surface area contributed by atoms with E-state index >= 15 is 0 Å². The first-order valence-corrected chi connectivity index (χ1v) is 5.76. The maximum absolute atomic E-state index is 11.4. The number of aliphatic carboxylic acids is 1. The number of hydrogen-bond acceptors (Lipinski definition) is 4. The minimum absolute atomic E-state index is 0.0700. The topological polar surface area (TPSA) is 79.3 Å². The highest BCUT2D eigenvalue weighted by atomic mass is 32.2. The van der Waals surface area contributed by atoms with Crippen LogP contribution < -0.4 is 5.32 Å². The minimum atomic E-state index is -0.921. The third-order valence-corrected chi connectivity index (χ3v) is 2.66. The van der Waals surface area contributed by atoms with Gasteiger partial charge in [-0.1, -0.05) is 0 Å². The van der Waals surface area contributed by atoms with Crippen molar-refractivity contribution < 1.29 is 14.7 Å². The predicted octanol–water partition coefficient (Wildman–Crippen LogP) is 1.15. The number of nitrogens with zero attached hydrogens (tertiary/aromatic N) is 1. The van der Waals surface area contributed by atoms with Crippen molar-refractivity contribution in [2.45, 2.75) is 6.92 Å². The molecule has 0 saturated carbocycles. The van der Waals surface area contributed by atoms with E-state index in [4.69, 9.17) is 5.11 Å². The Morgan fingerprint density at radius 3 is 2.88 bits per heavy atom. The van der Waals surface area contributed by atoms with Gasteiger partial charge in [0.1, 0.15) is 0 Å². The molecule has 16 heavy (non-hydrogen) atoms. The first-order chi connectivity index (χ1) is 7.59. The number of thioether (sulfide) groups is 1. The second-order valence-corrected chi connectivity index (χ2v) is 4.06. The number of pyridine rings is 1. The van der Waals surface area contributed by atoms with Crippen LogP contribution in [-0.2, 0) is 9.59 Å². The monoisotopic (exact) mass is 240 g/mol. The molecule has 0 fully saturated rings. The van der Waals surface area contributed by atoms with Crippen LogP contribution in [-0.4, -0.2) is 33.5 Å². The normalized spacial score (nSPS) is 9.81. The largest absolute Gasteiger partial charge is 0.481 e. The summed E-state index contributed by atoms with van der Waals surface area (Å²) >= 11 is 1.06.